The number of benzene rings is 2. The standard InChI is InChI=1S/C18H19Cl2NO2/c1-12(2)7-8-23-17-5-3-13(4-6-17)18(22)21-16-10-14(19)9-15(20)11-16/h3-6,9-12H,7-8H2,1-2H3,(H,21,22). The molecule has 0 spiro atoms. The molecule has 1 N–H and O–H groups in total. The SMILES string of the molecule is CC(C)CCOc1ccc(C(=O)Nc2cc(Cl)cc(Cl)c2)cc1. The van der Waals surface area contributed by atoms with Gasteiger partial charge in [-0.1, -0.05) is 37.0 Å². The van der Waals surface area contributed by atoms with Crippen LogP contribution in [-0.2, 0) is 0 Å². The first-order chi connectivity index (χ1) is 10.9. The lowest BCUT2D eigenvalue weighted by Gasteiger charge is -2.09. The fraction of sp³-hybridized carbons (Fsp3) is 0.278. The molecule has 0 radical (unpaired) electrons. The number of carbonyl (C=O) groups is 1. The second-order valence-corrected chi connectivity index (χ2v) is 6.54. The predicted octanol–water partition coefficient (Wildman–Crippen LogP) is 5.67. The molecule has 0 aromatic heterocycles. The van der Waals surface area contributed by atoms with Gasteiger partial charge in [0.2, 0.25) is 0 Å². The molecule has 1 amide bonds. The summed E-state index contributed by atoms with van der Waals surface area (Å²) in [7, 11) is 0. The third-order valence-corrected chi connectivity index (χ3v) is 3.64. The first kappa shape index (κ1) is 17.6. The molecule has 0 fully saturated rings. The number of halogens is 2. The predicted molar refractivity (Wildman–Crippen MR) is 95.8 cm³/mol. The second kappa shape index (κ2) is 8.23. The largest absolute Gasteiger partial charge is 0.494 e. The van der Waals surface area contributed by atoms with Gasteiger partial charge in [0.05, 0.1) is 6.61 Å². The molecule has 23 heavy (non-hydrogen) atoms. The molecular weight excluding hydrogens is 333 g/mol. The summed E-state index contributed by atoms with van der Waals surface area (Å²) in [4.78, 5) is 12.2. The number of ether oxygens (including phenoxy) is 1. The smallest absolute Gasteiger partial charge is 0.255 e. The van der Waals surface area contributed by atoms with Crippen LogP contribution >= 0.6 is 23.2 Å². The highest BCUT2D eigenvalue weighted by Gasteiger charge is 2.08. The molecule has 0 heterocycles. The first-order valence-corrected chi connectivity index (χ1v) is 8.20. The topological polar surface area (TPSA) is 38.3 Å². The van der Waals surface area contributed by atoms with Crippen molar-refractivity contribution in [1.82, 2.24) is 0 Å². The van der Waals surface area contributed by atoms with Crippen LogP contribution < -0.4 is 10.1 Å². The van der Waals surface area contributed by atoms with Gasteiger partial charge in [-0.3, -0.25) is 4.79 Å². The van der Waals surface area contributed by atoms with Gasteiger partial charge in [0.25, 0.3) is 5.91 Å². The molecule has 0 aliphatic heterocycles. The van der Waals surface area contributed by atoms with Crippen molar-refractivity contribution in [2.45, 2.75) is 20.3 Å². The summed E-state index contributed by atoms with van der Waals surface area (Å²) in [6.45, 7) is 4.97. The van der Waals surface area contributed by atoms with Gasteiger partial charge in [-0.25, -0.2) is 0 Å². The number of hydrogen-bond donors (Lipinski definition) is 1. The number of nitrogens with one attached hydrogen (secondary N) is 1. The Kier molecular flexibility index (Phi) is 6.31. The maximum atomic E-state index is 12.2. The summed E-state index contributed by atoms with van der Waals surface area (Å²) < 4.78 is 5.63. The zero-order chi connectivity index (χ0) is 16.8. The molecule has 5 heteroatoms. The van der Waals surface area contributed by atoms with Crippen molar-refractivity contribution in [1.29, 1.82) is 0 Å². The van der Waals surface area contributed by atoms with E-state index in [2.05, 4.69) is 19.2 Å². The number of hydrogen-bond acceptors (Lipinski definition) is 2. The molecule has 0 unspecified atom stereocenters. The van der Waals surface area contributed by atoms with Crippen molar-refractivity contribution < 1.29 is 9.53 Å². The highest BCUT2D eigenvalue weighted by Crippen LogP contribution is 2.23. The average Bonchev–Trinajstić information content (AvgIpc) is 2.46. The van der Waals surface area contributed by atoms with E-state index in [1.807, 2.05) is 0 Å². The Bertz CT molecular complexity index is 649. The third kappa shape index (κ3) is 5.77. The Morgan fingerprint density at radius 1 is 1.09 bits per heavy atom. The minimum Gasteiger partial charge on any atom is -0.494 e. The fourth-order valence-corrected chi connectivity index (χ4v) is 2.47. The van der Waals surface area contributed by atoms with Crippen molar-refractivity contribution in [3.63, 3.8) is 0 Å². The van der Waals surface area contributed by atoms with Gasteiger partial charge in [-0.2, -0.15) is 0 Å². The van der Waals surface area contributed by atoms with E-state index >= 15 is 0 Å². The third-order valence-electron chi connectivity index (χ3n) is 3.20. The maximum absolute atomic E-state index is 12.2. The minimum atomic E-state index is -0.225. The quantitative estimate of drug-likeness (QED) is 0.727. The molecule has 0 atom stereocenters. The van der Waals surface area contributed by atoms with Gasteiger partial charge in [0.15, 0.2) is 0 Å². The summed E-state index contributed by atoms with van der Waals surface area (Å²) in [5.74, 6) is 1.13. The molecule has 122 valence electrons. The van der Waals surface area contributed by atoms with Crippen molar-refractivity contribution in [2.75, 3.05) is 11.9 Å². The van der Waals surface area contributed by atoms with E-state index in [4.69, 9.17) is 27.9 Å². The van der Waals surface area contributed by atoms with Crippen LogP contribution in [-0.4, -0.2) is 12.5 Å². The molecule has 0 bridgehead atoms. The van der Waals surface area contributed by atoms with Crippen LogP contribution in [0.1, 0.15) is 30.6 Å². The van der Waals surface area contributed by atoms with Crippen molar-refractivity contribution in [2.24, 2.45) is 5.92 Å². The Balaban J connectivity index is 1.97. The Labute approximate surface area is 146 Å². The number of rotatable bonds is 6. The second-order valence-electron chi connectivity index (χ2n) is 5.67. The summed E-state index contributed by atoms with van der Waals surface area (Å²) in [6.07, 6.45) is 0.998. The lowest BCUT2D eigenvalue weighted by molar-refractivity contribution is 0.102. The van der Waals surface area contributed by atoms with Crippen molar-refractivity contribution >= 4 is 34.8 Å². The maximum Gasteiger partial charge on any atom is 0.255 e. The molecular formula is C18H19Cl2NO2. The molecule has 2 aromatic rings. The molecule has 0 saturated carbocycles. The first-order valence-electron chi connectivity index (χ1n) is 7.44. The zero-order valence-corrected chi connectivity index (χ0v) is 14.6. The van der Waals surface area contributed by atoms with Gasteiger partial charge in [-0.15, -0.1) is 0 Å². The van der Waals surface area contributed by atoms with Crippen LogP contribution in [0.4, 0.5) is 5.69 Å². The van der Waals surface area contributed by atoms with Crippen LogP contribution in [0.15, 0.2) is 42.5 Å². The number of anilines is 1. The van der Waals surface area contributed by atoms with Crippen molar-refractivity contribution in [3.8, 4) is 5.75 Å². The molecule has 0 saturated heterocycles. The number of amides is 1. The van der Waals surface area contributed by atoms with E-state index in [9.17, 15) is 4.79 Å². The van der Waals surface area contributed by atoms with Crippen LogP contribution in [0.25, 0.3) is 0 Å². The van der Waals surface area contributed by atoms with E-state index in [1.165, 1.54) is 0 Å². The summed E-state index contributed by atoms with van der Waals surface area (Å²) in [5.41, 5.74) is 1.10. The molecule has 0 aliphatic carbocycles. The van der Waals surface area contributed by atoms with Gasteiger partial charge < -0.3 is 10.1 Å². The monoisotopic (exact) mass is 351 g/mol. The Hall–Kier alpha value is -1.71. The van der Waals surface area contributed by atoms with Gasteiger partial charge in [-0.05, 0) is 54.8 Å². The van der Waals surface area contributed by atoms with Crippen LogP contribution in [0.2, 0.25) is 10.0 Å². The number of carbonyl (C=O) groups excluding carboxylic acids is 1. The lowest BCUT2D eigenvalue weighted by Crippen LogP contribution is -2.11. The molecule has 3 nitrogen and oxygen atoms in total. The highest BCUT2D eigenvalue weighted by molar-refractivity contribution is 6.35. The van der Waals surface area contributed by atoms with E-state index in [0.29, 0.717) is 33.8 Å². The normalized spacial score (nSPS) is 10.7. The van der Waals surface area contributed by atoms with Gasteiger partial charge >= 0.3 is 0 Å². The molecule has 2 aromatic carbocycles. The summed E-state index contributed by atoms with van der Waals surface area (Å²) in [6, 6.07) is 11.9. The van der Waals surface area contributed by atoms with Gasteiger partial charge in [0.1, 0.15) is 5.75 Å². The summed E-state index contributed by atoms with van der Waals surface area (Å²) >= 11 is 11.8. The van der Waals surface area contributed by atoms with Crippen LogP contribution in [0, 0.1) is 5.92 Å². The van der Waals surface area contributed by atoms with E-state index in [0.717, 1.165) is 12.2 Å². The highest BCUT2D eigenvalue weighted by atomic mass is 35.5. The minimum absolute atomic E-state index is 0.225. The average molecular weight is 352 g/mol. The fourth-order valence-electron chi connectivity index (χ4n) is 1.94. The van der Waals surface area contributed by atoms with E-state index in [1.54, 1.807) is 42.5 Å². The van der Waals surface area contributed by atoms with Crippen molar-refractivity contribution in [3.05, 3.63) is 58.1 Å². The van der Waals surface area contributed by atoms with Crippen LogP contribution in [0.3, 0.4) is 0 Å². The van der Waals surface area contributed by atoms with Crippen LogP contribution in [0.5, 0.6) is 5.75 Å². The summed E-state index contributed by atoms with van der Waals surface area (Å²) in [5, 5.41) is 3.72. The van der Waals surface area contributed by atoms with Gasteiger partial charge in [0, 0.05) is 21.3 Å². The van der Waals surface area contributed by atoms with E-state index in [-0.39, 0.29) is 5.91 Å². The Morgan fingerprint density at radius 3 is 2.26 bits per heavy atom. The molecule has 0 aliphatic rings. The molecule has 2 rings (SSSR count). The lowest BCUT2D eigenvalue weighted by atomic mass is 10.1. The van der Waals surface area contributed by atoms with E-state index < -0.39 is 0 Å². The Morgan fingerprint density at radius 2 is 1.70 bits per heavy atom. The zero-order valence-electron chi connectivity index (χ0n) is 13.1.